The summed E-state index contributed by atoms with van der Waals surface area (Å²) in [6.07, 6.45) is 10.5. The summed E-state index contributed by atoms with van der Waals surface area (Å²) in [6, 6.07) is 9.18. The van der Waals surface area contributed by atoms with E-state index in [9.17, 15) is 9.59 Å². The summed E-state index contributed by atoms with van der Waals surface area (Å²) in [6.45, 7) is 4.92. The van der Waals surface area contributed by atoms with E-state index in [1.807, 2.05) is 21.9 Å². The zero-order chi connectivity index (χ0) is 26.0. The Balaban J connectivity index is 1.46. The highest BCUT2D eigenvalue weighted by atomic mass is 16.5. The largest absolute Gasteiger partial charge is 0.496 e. The number of unbranched alkanes of at least 4 members (excludes halogenated alkanes) is 2. The Hall–Kier alpha value is -3.75. The van der Waals surface area contributed by atoms with Gasteiger partial charge in [-0.2, -0.15) is 10.2 Å². The van der Waals surface area contributed by atoms with Crippen molar-refractivity contribution in [2.24, 2.45) is 10.2 Å². The maximum atomic E-state index is 13.2. The molecule has 0 bridgehead atoms. The lowest BCUT2D eigenvalue weighted by molar-refractivity contribution is 0.102. The second-order valence-corrected chi connectivity index (χ2v) is 9.41. The van der Waals surface area contributed by atoms with Gasteiger partial charge in [0.15, 0.2) is 0 Å². The van der Waals surface area contributed by atoms with Crippen molar-refractivity contribution in [3.05, 3.63) is 52.7 Å². The Morgan fingerprint density at radius 3 is 2.70 bits per heavy atom. The fourth-order valence-corrected chi connectivity index (χ4v) is 4.65. The number of ether oxygens (including phenoxy) is 1. The number of anilines is 1. The van der Waals surface area contributed by atoms with Gasteiger partial charge in [0, 0.05) is 32.4 Å². The summed E-state index contributed by atoms with van der Waals surface area (Å²) in [5.74, 6) is 0.593. The Labute approximate surface area is 218 Å². The van der Waals surface area contributed by atoms with Gasteiger partial charge in [-0.25, -0.2) is 9.78 Å². The molecule has 1 aromatic heterocycles. The summed E-state index contributed by atoms with van der Waals surface area (Å²) in [7, 11) is 1.56. The second kappa shape index (κ2) is 13.0. The molecule has 3 amide bonds. The van der Waals surface area contributed by atoms with Crippen LogP contribution < -0.4 is 10.1 Å². The van der Waals surface area contributed by atoms with Crippen molar-refractivity contribution < 1.29 is 14.3 Å². The number of hydrogen-bond acceptors (Lipinski definition) is 6. The number of rotatable bonds is 8. The van der Waals surface area contributed by atoms with Gasteiger partial charge in [0.1, 0.15) is 11.6 Å². The highest BCUT2D eigenvalue weighted by Gasteiger charge is 2.27. The van der Waals surface area contributed by atoms with Crippen LogP contribution in [0.2, 0.25) is 0 Å². The smallest absolute Gasteiger partial charge is 0.320 e. The summed E-state index contributed by atoms with van der Waals surface area (Å²) in [5.41, 5.74) is 3.08. The molecule has 3 heterocycles. The first-order valence-electron chi connectivity index (χ1n) is 13.2. The molecule has 0 unspecified atom stereocenters. The molecule has 1 fully saturated rings. The van der Waals surface area contributed by atoms with E-state index in [1.165, 1.54) is 6.42 Å². The zero-order valence-corrected chi connectivity index (χ0v) is 21.8. The molecular weight excluding hydrogens is 468 g/mol. The molecule has 1 saturated heterocycles. The minimum absolute atomic E-state index is 0.0875. The van der Waals surface area contributed by atoms with E-state index in [0.29, 0.717) is 35.9 Å². The van der Waals surface area contributed by atoms with E-state index in [0.717, 1.165) is 62.7 Å². The van der Waals surface area contributed by atoms with Crippen LogP contribution in [0, 0.1) is 0 Å². The number of hydrogen-bond donors (Lipinski definition) is 1. The average molecular weight is 505 g/mol. The van der Waals surface area contributed by atoms with Crippen LogP contribution in [0.4, 0.5) is 10.6 Å². The molecule has 2 aromatic rings. The van der Waals surface area contributed by atoms with Gasteiger partial charge in [-0.1, -0.05) is 19.4 Å². The van der Waals surface area contributed by atoms with Crippen LogP contribution in [0.15, 0.2) is 40.5 Å². The number of urea groups is 1. The third-order valence-electron chi connectivity index (χ3n) is 6.71. The number of nitrogens with zero attached hydrogens (tertiary/aromatic N) is 5. The number of piperidine rings is 1. The maximum Gasteiger partial charge on any atom is 0.320 e. The minimum atomic E-state index is -0.321. The van der Waals surface area contributed by atoms with E-state index < -0.39 is 0 Å². The van der Waals surface area contributed by atoms with Crippen LogP contribution in [0.25, 0.3) is 0 Å². The molecule has 1 aromatic carbocycles. The van der Waals surface area contributed by atoms with Gasteiger partial charge in [0.25, 0.3) is 5.91 Å². The van der Waals surface area contributed by atoms with E-state index in [4.69, 9.17) is 4.74 Å². The fraction of sp³-hybridized carbons (Fsp3) is 0.464. The van der Waals surface area contributed by atoms with Crippen LogP contribution in [-0.2, 0) is 13.0 Å². The summed E-state index contributed by atoms with van der Waals surface area (Å²) in [5, 5.41) is 10.9. The van der Waals surface area contributed by atoms with E-state index in [2.05, 4.69) is 27.4 Å². The molecule has 2 aliphatic heterocycles. The van der Waals surface area contributed by atoms with Crippen molar-refractivity contribution in [1.82, 2.24) is 14.8 Å². The van der Waals surface area contributed by atoms with E-state index in [1.54, 1.807) is 37.7 Å². The Morgan fingerprint density at radius 1 is 1.08 bits per heavy atom. The molecule has 37 heavy (non-hydrogen) atoms. The van der Waals surface area contributed by atoms with Crippen molar-refractivity contribution in [3.63, 3.8) is 0 Å². The average Bonchev–Trinajstić information content (AvgIpc) is 2.94. The number of fused-ring (bicyclic) bond motifs is 1. The van der Waals surface area contributed by atoms with E-state index >= 15 is 0 Å². The molecule has 2 aliphatic rings. The van der Waals surface area contributed by atoms with Crippen molar-refractivity contribution in [2.45, 2.75) is 58.4 Å². The molecular formula is C28H36N6O3. The number of pyridine rings is 1. The van der Waals surface area contributed by atoms with Gasteiger partial charge < -0.3 is 19.9 Å². The lowest BCUT2D eigenvalue weighted by atomic mass is 9.96. The monoisotopic (exact) mass is 504 g/mol. The normalized spacial score (nSPS) is 15.7. The Morgan fingerprint density at radius 2 is 1.92 bits per heavy atom. The zero-order valence-electron chi connectivity index (χ0n) is 21.8. The molecule has 0 radical (unpaired) electrons. The lowest BCUT2D eigenvalue weighted by Gasteiger charge is -2.36. The van der Waals surface area contributed by atoms with Crippen molar-refractivity contribution in [1.29, 1.82) is 0 Å². The predicted octanol–water partition coefficient (Wildman–Crippen LogP) is 4.90. The van der Waals surface area contributed by atoms with Crippen molar-refractivity contribution in [3.8, 4) is 5.75 Å². The lowest BCUT2D eigenvalue weighted by Crippen LogP contribution is -2.47. The second-order valence-electron chi connectivity index (χ2n) is 9.41. The topological polar surface area (TPSA) is 99.5 Å². The number of methoxy groups -OCH3 is 1. The van der Waals surface area contributed by atoms with Gasteiger partial charge >= 0.3 is 6.03 Å². The van der Waals surface area contributed by atoms with Crippen molar-refractivity contribution in [2.75, 3.05) is 32.1 Å². The molecule has 9 heteroatoms. The molecule has 0 spiro atoms. The summed E-state index contributed by atoms with van der Waals surface area (Å²) in [4.78, 5) is 34.6. The van der Waals surface area contributed by atoms with Gasteiger partial charge in [-0.3, -0.25) is 4.79 Å². The number of amides is 3. The highest BCUT2D eigenvalue weighted by Crippen LogP contribution is 2.29. The standard InChI is InChI=1S/C28H36N6O3/c1-3-4-6-13-29-30-19-23-10-9-11-26(31-23)32-27(35)24-17-22-20-34(16-12-21(22)18-25(24)37-2)28(36)33-14-7-5-8-15-33/h9-11,13,17-19H,3-8,12,14-16,20H2,1-2H3,(H,31,32,35)/b29-13+,30-19+. The quantitative estimate of drug-likeness (QED) is 0.314. The molecule has 1 N–H and O–H groups in total. The number of aromatic nitrogens is 1. The number of carbonyl (C=O) groups is 2. The van der Waals surface area contributed by atoms with Crippen LogP contribution in [-0.4, -0.2) is 65.9 Å². The third-order valence-corrected chi connectivity index (χ3v) is 6.71. The Bertz CT molecular complexity index is 1160. The van der Waals surface area contributed by atoms with Crippen LogP contribution in [0.3, 0.4) is 0 Å². The number of likely N-dealkylation sites (tertiary alicyclic amines) is 1. The Kier molecular flexibility index (Phi) is 9.24. The number of benzene rings is 1. The molecule has 0 saturated carbocycles. The number of carbonyl (C=O) groups excluding carboxylic acids is 2. The molecule has 9 nitrogen and oxygen atoms in total. The first-order chi connectivity index (χ1) is 18.1. The third kappa shape index (κ3) is 6.93. The summed E-state index contributed by atoms with van der Waals surface area (Å²) < 4.78 is 5.55. The minimum Gasteiger partial charge on any atom is -0.496 e. The molecule has 196 valence electrons. The van der Waals surface area contributed by atoms with Gasteiger partial charge in [0.05, 0.1) is 24.6 Å². The van der Waals surface area contributed by atoms with Gasteiger partial charge in [-0.15, -0.1) is 0 Å². The molecule has 0 aliphatic carbocycles. The predicted molar refractivity (Wildman–Crippen MR) is 146 cm³/mol. The first-order valence-corrected chi connectivity index (χ1v) is 13.2. The maximum absolute atomic E-state index is 13.2. The van der Waals surface area contributed by atoms with Crippen molar-refractivity contribution >= 4 is 30.2 Å². The van der Waals surface area contributed by atoms with Crippen LogP contribution >= 0.6 is 0 Å². The SMILES string of the molecule is CCCC/C=N/N=C/c1cccc(NC(=O)c2cc3c(cc2OC)CCN(C(=O)N2CCCCC2)C3)n1. The first kappa shape index (κ1) is 26.3. The molecule has 0 atom stereocenters. The number of nitrogens with one attached hydrogen (secondary N) is 1. The van der Waals surface area contributed by atoms with E-state index in [-0.39, 0.29) is 11.9 Å². The molecule has 4 rings (SSSR count). The van der Waals surface area contributed by atoms with Gasteiger partial charge in [0.2, 0.25) is 0 Å². The van der Waals surface area contributed by atoms with Crippen LogP contribution in [0.5, 0.6) is 5.75 Å². The highest BCUT2D eigenvalue weighted by molar-refractivity contribution is 6.06. The van der Waals surface area contributed by atoms with Gasteiger partial charge in [-0.05, 0) is 73.9 Å². The summed E-state index contributed by atoms with van der Waals surface area (Å²) >= 11 is 0. The van der Waals surface area contributed by atoms with Crippen LogP contribution in [0.1, 0.15) is 72.6 Å². The fourth-order valence-electron chi connectivity index (χ4n) is 4.65.